The van der Waals surface area contributed by atoms with Crippen molar-refractivity contribution >= 4 is 43.9 Å². The molecule has 3 heterocycles. The summed E-state index contributed by atoms with van der Waals surface area (Å²) in [4.78, 5) is 5.45. The van der Waals surface area contributed by atoms with Gasteiger partial charge in [0.05, 0.1) is 16.6 Å². The molecule has 7 aromatic carbocycles. The summed E-state index contributed by atoms with van der Waals surface area (Å²) in [7, 11) is 0. The average Bonchev–Trinajstić information content (AvgIpc) is 3.82. The zero-order valence-electron chi connectivity index (χ0n) is 26.6. The summed E-state index contributed by atoms with van der Waals surface area (Å²) < 4.78 is 7.07. The smallest absolute Gasteiger partial charge is 0.165 e. The summed E-state index contributed by atoms with van der Waals surface area (Å²) in [6, 6.07) is 64.7. The van der Waals surface area contributed by atoms with Crippen LogP contribution in [0.1, 0.15) is 0 Å². The third kappa shape index (κ3) is 4.28. The van der Waals surface area contributed by atoms with Crippen LogP contribution in [0.3, 0.4) is 0 Å². The highest BCUT2D eigenvalue weighted by Gasteiger charge is 2.25. The van der Waals surface area contributed by atoms with E-state index in [2.05, 4.69) is 196 Å². The lowest BCUT2D eigenvalue weighted by Gasteiger charge is -2.11. The molecule has 10 rings (SSSR count). The molecule has 0 unspecified atom stereocenters. The number of hydrogen-bond acceptors (Lipinski definition) is 1. The van der Waals surface area contributed by atoms with E-state index < -0.39 is 0 Å². The van der Waals surface area contributed by atoms with E-state index in [-0.39, 0.29) is 0 Å². The first-order chi connectivity index (χ1) is 24.3. The summed E-state index contributed by atoms with van der Waals surface area (Å²) in [6.45, 7) is 0. The zero-order valence-corrected chi connectivity index (χ0v) is 26.6. The molecule has 0 radical (unpaired) electrons. The molecule has 49 heavy (non-hydrogen) atoms. The predicted octanol–water partition coefficient (Wildman–Crippen LogP) is 11.4. The van der Waals surface area contributed by atoms with Gasteiger partial charge in [0, 0.05) is 38.8 Å². The highest BCUT2D eigenvalue weighted by Crippen LogP contribution is 2.42. The van der Waals surface area contributed by atoms with E-state index in [1.807, 2.05) is 0 Å². The van der Waals surface area contributed by atoms with Crippen molar-refractivity contribution in [1.82, 2.24) is 18.7 Å². The van der Waals surface area contributed by atoms with E-state index in [0.717, 1.165) is 56.0 Å². The van der Waals surface area contributed by atoms with Gasteiger partial charge in [-0.05, 0) is 65.7 Å². The van der Waals surface area contributed by atoms with Crippen molar-refractivity contribution in [2.45, 2.75) is 0 Å². The Hall–Kier alpha value is -6.65. The fourth-order valence-electron chi connectivity index (χ4n) is 7.46. The maximum atomic E-state index is 5.45. The standard InChI is InChI=1S/C45H30N4/c1-5-15-31(16-6-1)32-25-27-36(28-26-32)47-40-24-14-13-23-37(40)38-29-42-39(30-41(38)47)43-45(48(42)34-19-9-3-10-20-34)46-44(33-17-7-2-8-18-33)49(43)35-21-11-4-12-22-35/h1-30H. The van der Waals surface area contributed by atoms with Crippen molar-refractivity contribution in [2.24, 2.45) is 0 Å². The van der Waals surface area contributed by atoms with Crippen LogP contribution < -0.4 is 0 Å². The molecule has 0 saturated carbocycles. The van der Waals surface area contributed by atoms with Crippen LogP contribution in [-0.4, -0.2) is 18.7 Å². The highest BCUT2D eigenvalue weighted by atomic mass is 15.2. The topological polar surface area (TPSA) is 27.7 Å². The van der Waals surface area contributed by atoms with Crippen molar-refractivity contribution in [2.75, 3.05) is 0 Å². The van der Waals surface area contributed by atoms with Crippen LogP contribution in [0.25, 0.3) is 83.4 Å². The van der Waals surface area contributed by atoms with Crippen molar-refractivity contribution in [1.29, 1.82) is 0 Å². The second-order valence-electron chi connectivity index (χ2n) is 12.5. The average molecular weight is 627 g/mol. The number of para-hydroxylation sites is 3. The molecular formula is C45H30N4. The van der Waals surface area contributed by atoms with E-state index in [4.69, 9.17) is 4.98 Å². The van der Waals surface area contributed by atoms with E-state index in [0.29, 0.717) is 0 Å². The first-order valence-corrected chi connectivity index (χ1v) is 16.7. The Morgan fingerprint density at radius 2 is 0.816 bits per heavy atom. The molecule has 0 N–H and O–H groups in total. The molecule has 0 aliphatic carbocycles. The van der Waals surface area contributed by atoms with Gasteiger partial charge in [-0.25, -0.2) is 4.98 Å². The van der Waals surface area contributed by atoms with Gasteiger partial charge in [-0.3, -0.25) is 9.13 Å². The van der Waals surface area contributed by atoms with Crippen LogP contribution in [0.5, 0.6) is 0 Å². The SMILES string of the molecule is c1ccc(-c2ccc(-n3c4ccccc4c4cc5c(cc43)c3c(nc(-c4ccccc4)n3-c3ccccc3)n5-c3ccccc3)cc2)cc1. The minimum absolute atomic E-state index is 0.917. The Labute approximate surface area is 283 Å². The highest BCUT2D eigenvalue weighted by molar-refractivity contribution is 6.18. The van der Waals surface area contributed by atoms with Gasteiger partial charge in [0.1, 0.15) is 11.3 Å². The Morgan fingerprint density at radius 3 is 1.49 bits per heavy atom. The molecule has 4 heteroatoms. The van der Waals surface area contributed by atoms with E-state index in [1.165, 1.54) is 27.4 Å². The Morgan fingerprint density at radius 1 is 0.327 bits per heavy atom. The van der Waals surface area contributed by atoms with Crippen LogP contribution >= 0.6 is 0 Å². The largest absolute Gasteiger partial charge is 0.309 e. The van der Waals surface area contributed by atoms with E-state index in [1.54, 1.807) is 0 Å². The lowest BCUT2D eigenvalue weighted by Crippen LogP contribution is -1.98. The molecular weight excluding hydrogens is 597 g/mol. The van der Waals surface area contributed by atoms with Gasteiger partial charge in [-0.2, -0.15) is 0 Å². The van der Waals surface area contributed by atoms with E-state index >= 15 is 0 Å². The van der Waals surface area contributed by atoms with Gasteiger partial charge in [-0.1, -0.05) is 127 Å². The molecule has 3 aromatic heterocycles. The zero-order chi connectivity index (χ0) is 32.3. The Kier molecular flexibility index (Phi) is 6.15. The first-order valence-electron chi connectivity index (χ1n) is 16.7. The van der Waals surface area contributed by atoms with Crippen LogP contribution in [0, 0.1) is 0 Å². The van der Waals surface area contributed by atoms with Gasteiger partial charge in [0.2, 0.25) is 0 Å². The second-order valence-corrected chi connectivity index (χ2v) is 12.5. The molecule has 0 saturated heterocycles. The Balaban J connectivity index is 1.33. The molecule has 0 aliphatic heterocycles. The van der Waals surface area contributed by atoms with Crippen LogP contribution in [0.2, 0.25) is 0 Å². The molecule has 10 aromatic rings. The van der Waals surface area contributed by atoms with Crippen LogP contribution in [0.4, 0.5) is 0 Å². The van der Waals surface area contributed by atoms with E-state index in [9.17, 15) is 0 Å². The molecule has 0 spiro atoms. The second kappa shape index (κ2) is 11.0. The van der Waals surface area contributed by atoms with Gasteiger partial charge < -0.3 is 4.57 Å². The quantitative estimate of drug-likeness (QED) is 0.187. The van der Waals surface area contributed by atoms with Gasteiger partial charge in [0.15, 0.2) is 5.65 Å². The third-order valence-electron chi connectivity index (χ3n) is 9.65. The van der Waals surface area contributed by atoms with Crippen LogP contribution in [0.15, 0.2) is 182 Å². The summed E-state index contributed by atoms with van der Waals surface area (Å²) >= 11 is 0. The predicted molar refractivity (Wildman–Crippen MR) is 203 cm³/mol. The normalized spacial score (nSPS) is 11.7. The van der Waals surface area contributed by atoms with Crippen molar-refractivity contribution in [3.63, 3.8) is 0 Å². The van der Waals surface area contributed by atoms with Crippen molar-refractivity contribution < 1.29 is 0 Å². The lowest BCUT2D eigenvalue weighted by molar-refractivity contribution is 1.10. The number of rotatable bonds is 5. The minimum Gasteiger partial charge on any atom is -0.309 e. The number of aromatic nitrogens is 4. The third-order valence-corrected chi connectivity index (χ3v) is 9.65. The minimum atomic E-state index is 0.917. The number of fused-ring (bicyclic) bond motifs is 6. The fraction of sp³-hybridized carbons (Fsp3) is 0. The summed E-state index contributed by atoms with van der Waals surface area (Å²) in [5.74, 6) is 0.917. The molecule has 0 amide bonds. The maximum Gasteiger partial charge on any atom is 0.165 e. The Bertz CT molecular complexity index is 2770. The number of benzene rings is 7. The van der Waals surface area contributed by atoms with Crippen LogP contribution in [-0.2, 0) is 0 Å². The summed E-state index contributed by atoms with van der Waals surface area (Å²) in [5.41, 5.74) is 12.3. The molecule has 230 valence electrons. The molecule has 0 bridgehead atoms. The van der Waals surface area contributed by atoms with Gasteiger partial charge in [-0.15, -0.1) is 0 Å². The molecule has 0 aliphatic rings. The number of imidazole rings is 1. The fourth-order valence-corrected chi connectivity index (χ4v) is 7.46. The number of nitrogens with zero attached hydrogens (tertiary/aromatic N) is 4. The summed E-state index contributed by atoms with van der Waals surface area (Å²) in [6.07, 6.45) is 0. The molecule has 0 atom stereocenters. The number of hydrogen-bond donors (Lipinski definition) is 0. The first kappa shape index (κ1) is 27.5. The molecule has 4 nitrogen and oxygen atoms in total. The lowest BCUT2D eigenvalue weighted by atomic mass is 10.1. The van der Waals surface area contributed by atoms with Crippen molar-refractivity contribution in [3.05, 3.63) is 182 Å². The molecule has 0 fully saturated rings. The monoisotopic (exact) mass is 626 g/mol. The summed E-state index contributed by atoms with van der Waals surface area (Å²) in [5, 5.41) is 3.58. The van der Waals surface area contributed by atoms with Crippen molar-refractivity contribution in [3.8, 4) is 39.6 Å². The van der Waals surface area contributed by atoms with Gasteiger partial charge >= 0.3 is 0 Å². The van der Waals surface area contributed by atoms with Gasteiger partial charge in [0.25, 0.3) is 0 Å². The maximum absolute atomic E-state index is 5.45.